The average Bonchev–Trinajstić information content (AvgIpc) is 3.26. The second-order valence-electron chi connectivity index (χ2n) is 7.18. The third kappa shape index (κ3) is 4.09. The van der Waals surface area contributed by atoms with Crippen LogP contribution in [0.5, 0.6) is 0 Å². The molecule has 0 saturated carbocycles. The maximum Gasteiger partial charge on any atom is 0.263 e. The number of nitrogens with zero attached hydrogens (tertiary/aromatic N) is 2. The van der Waals surface area contributed by atoms with Crippen LogP contribution in [0.4, 0.5) is 5.69 Å². The fourth-order valence-corrected chi connectivity index (χ4v) is 5.93. The van der Waals surface area contributed by atoms with Crippen molar-refractivity contribution in [1.29, 1.82) is 0 Å². The molecule has 1 amide bonds. The van der Waals surface area contributed by atoms with Crippen molar-refractivity contribution in [3.05, 3.63) is 49.6 Å². The van der Waals surface area contributed by atoms with E-state index in [1.165, 1.54) is 22.2 Å². The van der Waals surface area contributed by atoms with Crippen molar-refractivity contribution in [2.45, 2.75) is 51.2 Å². The molecular formula is C21H22ClN3O2S2. The maximum atomic E-state index is 13.2. The van der Waals surface area contributed by atoms with Crippen LogP contribution in [0, 0.1) is 6.92 Å². The fourth-order valence-electron chi connectivity index (χ4n) is 3.63. The predicted octanol–water partition coefficient (Wildman–Crippen LogP) is 5.05. The van der Waals surface area contributed by atoms with E-state index in [2.05, 4.69) is 5.32 Å². The summed E-state index contributed by atoms with van der Waals surface area (Å²) in [5.41, 5.74) is 2.87. The molecule has 0 saturated heterocycles. The number of halogens is 1. The highest BCUT2D eigenvalue weighted by Crippen LogP contribution is 2.35. The number of carbonyl (C=O) groups excluding carboxylic acids is 1. The van der Waals surface area contributed by atoms with Crippen molar-refractivity contribution in [2.24, 2.45) is 0 Å². The molecule has 4 rings (SSSR count). The van der Waals surface area contributed by atoms with Crippen molar-refractivity contribution >= 4 is 56.5 Å². The molecule has 1 N–H and O–H groups in total. The monoisotopic (exact) mass is 447 g/mol. The molecule has 2 aromatic heterocycles. The number of carbonyl (C=O) groups is 1. The van der Waals surface area contributed by atoms with Gasteiger partial charge < -0.3 is 5.32 Å². The topological polar surface area (TPSA) is 64.0 Å². The molecule has 152 valence electrons. The Morgan fingerprint density at radius 2 is 2.21 bits per heavy atom. The largest absolute Gasteiger partial charge is 0.325 e. The van der Waals surface area contributed by atoms with E-state index in [0.29, 0.717) is 22.4 Å². The first-order valence-corrected chi connectivity index (χ1v) is 11.9. The van der Waals surface area contributed by atoms with E-state index in [0.717, 1.165) is 41.5 Å². The van der Waals surface area contributed by atoms with E-state index in [4.69, 9.17) is 16.6 Å². The van der Waals surface area contributed by atoms with Crippen LogP contribution >= 0.6 is 34.7 Å². The van der Waals surface area contributed by atoms with Gasteiger partial charge in [0.1, 0.15) is 4.83 Å². The Labute approximate surface area is 182 Å². The number of hydrogen-bond acceptors (Lipinski definition) is 5. The first-order chi connectivity index (χ1) is 14.0. The second kappa shape index (κ2) is 8.50. The number of fused-ring (bicyclic) bond motifs is 3. The van der Waals surface area contributed by atoms with Gasteiger partial charge in [-0.25, -0.2) is 4.98 Å². The molecule has 0 bridgehead atoms. The van der Waals surface area contributed by atoms with Gasteiger partial charge in [-0.3, -0.25) is 14.2 Å². The smallest absolute Gasteiger partial charge is 0.263 e. The first-order valence-electron chi connectivity index (χ1n) is 9.71. The van der Waals surface area contributed by atoms with E-state index in [1.54, 1.807) is 28.0 Å². The molecule has 2 heterocycles. The van der Waals surface area contributed by atoms with Crippen molar-refractivity contribution in [2.75, 3.05) is 11.1 Å². The van der Waals surface area contributed by atoms with Crippen LogP contribution in [0.1, 0.15) is 35.8 Å². The Kier molecular flexibility index (Phi) is 5.99. The zero-order valence-corrected chi connectivity index (χ0v) is 18.8. The Morgan fingerprint density at radius 1 is 1.38 bits per heavy atom. The Hall–Kier alpha value is -1.83. The Morgan fingerprint density at radius 3 is 3.00 bits per heavy atom. The number of thioether (sulfide) groups is 1. The number of rotatable bonds is 6. The zero-order valence-electron chi connectivity index (χ0n) is 16.4. The van der Waals surface area contributed by atoms with E-state index in [-0.39, 0.29) is 17.2 Å². The fraction of sp³-hybridized carbons (Fsp3) is 0.381. The molecule has 1 aromatic carbocycles. The summed E-state index contributed by atoms with van der Waals surface area (Å²) in [6, 6.07) is 5.40. The van der Waals surface area contributed by atoms with E-state index < -0.39 is 0 Å². The predicted molar refractivity (Wildman–Crippen MR) is 122 cm³/mol. The first kappa shape index (κ1) is 20.4. The van der Waals surface area contributed by atoms with Gasteiger partial charge in [0.25, 0.3) is 5.56 Å². The number of benzene rings is 1. The van der Waals surface area contributed by atoms with E-state index in [1.807, 2.05) is 19.9 Å². The van der Waals surface area contributed by atoms with Gasteiger partial charge in [0.15, 0.2) is 5.16 Å². The molecule has 8 heteroatoms. The summed E-state index contributed by atoms with van der Waals surface area (Å²) in [5.74, 6) is 0.0325. The van der Waals surface area contributed by atoms with Crippen molar-refractivity contribution in [1.82, 2.24) is 9.55 Å². The van der Waals surface area contributed by atoms with Crippen LogP contribution in [-0.2, 0) is 24.2 Å². The van der Waals surface area contributed by atoms with Crippen molar-refractivity contribution in [3.8, 4) is 0 Å². The molecular weight excluding hydrogens is 426 g/mol. The van der Waals surface area contributed by atoms with Gasteiger partial charge in [-0.2, -0.15) is 0 Å². The maximum absolute atomic E-state index is 13.2. The minimum Gasteiger partial charge on any atom is -0.325 e. The van der Waals surface area contributed by atoms with Gasteiger partial charge in [0, 0.05) is 22.1 Å². The van der Waals surface area contributed by atoms with E-state index in [9.17, 15) is 9.59 Å². The van der Waals surface area contributed by atoms with E-state index >= 15 is 0 Å². The number of aryl methyl sites for hydroxylation is 3. The lowest BCUT2D eigenvalue weighted by Gasteiger charge is -2.12. The molecule has 5 nitrogen and oxygen atoms in total. The second-order valence-corrected chi connectivity index (χ2v) is 9.65. The summed E-state index contributed by atoms with van der Waals surface area (Å²) in [5, 5.41) is 4.88. The summed E-state index contributed by atoms with van der Waals surface area (Å²) in [7, 11) is 0. The molecule has 29 heavy (non-hydrogen) atoms. The van der Waals surface area contributed by atoms with Crippen LogP contribution < -0.4 is 10.9 Å². The molecule has 1 aliphatic rings. The SMILES string of the molecule is CCCn1c(SCC(=O)Nc2cc(Cl)ccc2C)nc2sc3c(c2c1=O)CCC3. The van der Waals surface area contributed by atoms with Gasteiger partial charge in [0.2, 0.25) is 5.91 Å². The highest BCUT2D eigenvalue weighted by atomic mass is 35.5. The summed E-state index contributed by atoms with van der Waals surface area (Å²) >= 11 is 8.97. The normalized spacial score (nSPS) is 13.1. The Balaban J connectivity index is 1.58. The number of anilines is 1. The van der Waals surface area contributed by atoms with Gasteiger partial charge in [-0.1, -0.05) is 36.4 Å². The summed E-state index contributed by atoms with van der Waals surface area (Å²) in [6.07, 6.45) is 3.95. The third-order valence-corrected chi connectivity index (χ3v) is 7.44. The van der Waals surface area contributed by atoms with Crippen molar-refractivity contribution < 1.29 is 4.79 Å². The zero-order chi connectivity index (χ0) is 20.5. The van der Waals surface area contributed by atoms with Gasteiger partial charge in [-0.15, -0.1) is 11.3 Å². The molecule has 1 aliphatic carbocycles. The minimum atomic E-state index is -0.147. The molecule has 0 atom stereocenters. The van der Waals surface area contributed by atoms with Gasteiger partial charge >= 0.3 is 0 Å². The lowest BCUT2D eigenvalue weighted by molar-refractivity contribution is -0.113. The number of thiophene rings is 1. The Bertz CT molecular complexity index is 1150. The van der Waals surface area contributed by atoms with Crippen LogP contribution in [0.3, 0.4) is 0 Å². The number of hydrogen-bond donors (Lipinski definition) is 1. The molecule has 0 spiro atoms. The number of amides is 1. The summed E-state index contributed by atoms with van der Waals surface area (Å²) < 4.78 is 1.73. The average molecular weight is 448 g/mol. The van der Waals surface area contributed by atoms with Crippen LogP contribution in [0.15, 0.2) is 28.2 Å². The quantitative estimate of drug-likeness (QED) is 0.424. The lowest BCUT2D eigenvalue weighted by atomic mass is 10.2. The van der Waals surface area contributed by atoms with Gasteiger partial charge in [-0.05, 0) is 55.9 Å². The third-order valence-electron chi connectivity index (χ3n) is 5.04. The number of nitrogens with one attached hydrogen (secondary N) is 1. The standard InChI is InChI=1S/C21H22ClN3O2S2/c1-3-9-25-20(27)18-14-5-4-6-16(14)29-19(18)24-21(25)28-11-17(26)23-15-10-13(22)8-7-12(15)2/h7-8,10H,3-6,9,11H2,1-2H3,(H,23,26). The molecule has 0 fully saturated rings. The number of aromatic nitrogens is 2. The van der Waals surface area contributed by atoms with Crippen LogP contribution in [0.25, 0.3) is 10.2 Å². The van der Waals surface area contributed by atoms with Gasteiger partial charge in [0.05, 0.1) is 11.1 Å². The lowest BCUT2D eigenvalue weighted by Crippen LogP contribution is -2.24. The summed E-state index contributed by atoms with van der Waals surface area (Å²) in [6.45, 7) is 4.56. The molecule has 0 radical (unpaired) electrons. The molecule has 3 aromatic rings. The van der Waals surface area contributed by atoms with Crippen molar-refractivity contribution in [3.63, 3.8) is 0 Å². The summed E-state index contributed by atoms with van der Waals surface area (Å²) in [4.78, 5) is 32.5. The molecule has 0 unspecified atom stereocenters. The van der Waals surface area contributed by atoms with Crippen LogP contribution in [0.2, 0.25) is 5.02 Å². The van der Waals surface area contributed by atoms with Crippen LogP contribution in [-0.4, -0.2) is 21.2 Å². The highest BCUT2D eigenvalue weighted by molar-refractivity contribution is 7.99. The highest BCUT2D eigenvalue weighted by Gasteiger charge is 2.23. The molecule has 0 aliphatic heterocycles. The minimum absolute atomic E-state index is 0.0323.